The first-order chi connectivity index (χ1) is 17.3. The minimum atomic E-state index is -0.560. The van der Waals surface area contributed by atoms with Gasteiger partial charge in [-0.1, -0.05) is 42.5 Å². The zero-order valence-corrected chi connectivity index (χ0v) is 22.5. The average Bonchev–Trinajstić information content (AvgIpc) is 2.85. The van der Waals surface area contributed by atoms with Gasteiger partial charge in [-0.05, 0) is 89.0 Å². The smallest absolute Gasteiger partial charge is 0.410 e. The largest absolute Gasteiger partial charge is 0.494 e. The summed E-state index contributed by atoms with van der Waals surface area (Å²) in [5, 5.41) is 0. The number of methoxy groups -OCH3 is 1. The lowest BCUT2D eigenvalue weighted by molar-refractivity contribution is -0.140. The van der Waals surface area contributed by atoms with Gasteiger partial charge >= 0.3 is 12.1 Å². The molecule has 0 saturated heterocycles. The molecule has 0 fully saturated rings. The van der Waals surface area contributed by atoms with Crippen molar-refractivity contribution in [3.05, 3.63) is 65.7 Å². The predicted octanol–water partition coefficient (Wildman–Crippen LogP) is 6.60. The molecule has 0 spiro atoms. The van der Waals surface area contributed by atoms with Crippen molar-refractivity contribution in [3.8, 4) is 5.75 Å². The van der Waals surface area contributed by atoms with Gasteiger partial charge in [0.2, 0.25) is 0 Å². The lowest BCUT2D eigenvalue weighted by Gasteiger charge is -2.27. The number of rotatable bonds is 15. The molecule has 0 radical (unpaired) electrons. The van der Waals surface area contributed by atoms with Crippen LogP contribution in [0.25, 0.3) is 0 Å². The molecular formula is C30H43NO5. The summed E-state index contributed by atoms with van der Waals surface area (Å²) in [6.07, 6.45) is 6.62. The van der Waals surface area contributed by atoms with Crippen LogP contribution in [-0.4, -0.2) is 49.4 Å². The fourth-order valence-electron chi connectivity index (χ4n) is 3.81. The van der Waals surface area contributed by atoms with Crippen LogP contribution in [-0.2, 0) is 27.1 Å². The number of hydrogen-bond acceptors (Lipinski definition) is 5. The van der Waals surface area contributed by atoms with Crippen molar-refractivity contribution < 1.29 is 23.8 Å². The van der Waals surface area contributed by atoms with Gasteiger partial charge < -0.3 is 19.1 Å². The van der Waals surface area contributed by atoms with E-state index >= 15 is 0 Å². The number of aryl methyl sites for hydroxylation is 2. The zero-order chi connectivity index (χ0) is 26.2. The quantitative estimate of drug-likeness (QED) is 0.205. The Morgan fingerprint density at radius 3 is 2.08 bits per heavy atom. The van der Waals surface area contributed by atoms with Crippen LogP contribution >= 0.6 is 0 Å². The Morgan fingerprint density at radius 2 is 1.42 bits per heavy atom. The van der Waals surface area contributed by atoms with Crippen LogP contribution in [0.2, 0.25) is 0 Å². The van der Waals surface area contributed by atoms with Crippen LogP contribution < -0.4 is 4.74 Å². The predicted molar refractivity (Wildman–Crippen MR) is 143 cm³/mol. The van der Waals surface area contributed by atoms with Gasteiger partial charge in [0.15, 0.2) is 0 Å². The number of nitrogens with zero attached hydrogens (tertiary/aromatic N) is 1. The summed E-state index contributed by atoms with van der Waals surface area (Å²) in [6.45, 7) is 7.31. The standard InChI is InChI=1S/C30H43NO5/c1-30(2,3)36-29(33)31(23-12-17-28(32)34-4)22-11-16-26-18-20-27(21-19-26)35-24-10-6-9-15-25-13-7-5-8-14-25/h5,7-8,13-14,18-21H,6,9-12,15-17,22-24H2,1-4H3. The summed E-state index contributed by atoms with van der Waals surface area (Å²) < 4.78 is 16.1. The zero-order valence-electron chi connectivity index (χ0n) is 22.5. The maximum absolute atomic E-state index is 12.6. The van der Waals surface area contributed by atoms with Gasteiger partial charge in [-0.2, -0.15) is 0 Å². The second-order valence-electron chi connectivity index (χ2n) is 10.0. The molecule has 198 valence electrons. The highest BCUT2D eigenvalue weighted by Crippen LogP contribution is 2.16. The summed E-state index contributed by atoms with van der Waals surface area (Å²) in [5.74, 6) is 0.619. The van der Waals surface area contributed by atoms with Crippen molar-refractivity contribution in [1.82, 2.24) is 4.90 Å². The number of benzene rings is 2. The highest BCUT2D eigenvalue weighted by molar-refractivity contribution is 5.70. The Bertz CT molecular complexity index is 890. The highest BCUT2D eigenvalue weighted by atomic mass is 16.6. The average molecular weight is 498 g/mol. The highest BCUT2D eigenvalue weighted by Gasteiger charge is 2.22. The number of carbonyl (C=O) groups is 2. The van der Waals surface area contributed by atoms with Crippen molar-refractivity contribution in [2.75, 3.05) is 26.8 Å². The summed E-state index contributed by atoms with van der Waals surface area (Å²) in [7, 11) is 1.37. The number of ether oxygens (including phenoxy) is 3. The van der Waals surface area contributed by atoms with E-state index in [1.54, 1.807) is 4.90 Å². The molecule has 0 aliphatic rings. The van der Waals surface area contributed by atoms with E-state index in [-0.39, 0.29) is 18.5 Å². The van der Waals surface area contributed by atoms with E-state index in [2.05, 4.69) is 42.5 Å². The molecule has 6 nitrogen and oxygen atoms in total. The Balaban J connectivity index is 1.69. The van der Waals surface area contributed by atoms with Crippen molar-refractivity contribution in [2.45, 2.75) is 77.7 Å². The van der Waals surface area contributed by atoms with Gasteiger partial charge in [-0.25, -0.2) is 4.79 Å². The first-order valence-corrected chi connectivity index (χ1v) is 13.1. The third kappa shape index (κ3) is 12.6. The van der Waals surface area contributed by atoms with Crippen LogP contribution in [0.5, 0.6) is 5.75 Å². The van der Waals surface area contributed by atoms with Gasteiger partial charge in [0, 0.05) is 19.5 Å². The van der Waals surface area contributed by atoms with E-state index in [0.29, 0.717) is 19.5 Å². The normalized spacial score (nSPS) is 11.1. The van der Waals surface area contributed by atoms with E-state index in [0.717, 1.165) is 44.5 Å². The van der Waals surface area contributed by atoms with Crippen LogP contribution in [0.1, 0.15) is 70.4 Å². The molecule has 36 heavy (non-hydrogen) atoms. The molecule has 0 atom stereocenters. The Labute approximate surface area is 216 Å². The topological polar surface area (TPSA) is 65.1 Å². The lowest BCUT2D eigenvalue weighted by atomic mass is 10.1. The molecule has 0 aliphatic carbocycles. The van der Waals surface area contributed by atoms with Gasteiger partial charge in [0.25, 0.3) is 0 Å². The molecule has 6 heteroatoms. The third-order valence-corrected chi connectivity index (χ3v) is 5.73. The second kappa shape index (κ2) is 15.9. The number of unbranched alkanes of at least 4 members (excludes halogenated alkanes) is 2. The SMILES string of the molecule is COC(=O)CCCN(CCCc1ccc(OCCCCCc2ccccc2)cc1)C(=O)OC(C)(C)C. The van der Waals surface area contributed by atoms with Crippen molar-refractivity contribution in [2.24, 2.45) is 0 Å². The van der Waals surface area contributed by atoms with E-state index < -0.39 is 5.60 Å². The molecule has 0 aliphatic heterocycles. The fraction of sp³-hybridized carbons (Fsp3) is 0.533. The molecule has 2 aromatic rings. The van der Waals surface area contributed by atoms with Crippen LogP contribution in [0.3, 0.4) is 0 Å². The van der Waals surface area contributed by atoms with Crippen LogP contribution in [0, 0.1) is 0 Å². The van der Waals surface area contributed by atoms with Crippen LogP contribution in [0.15, 0.2) is 54.6 Å². The van der Waals surface area contributed by atoms with E-state index in [4.69, 9.17) is 14.2 Å². The molecule has 1 amide bonds. The molecule has 2 aromatic carbocycles. The first kappa shape index (κ1) is 29.2. The van der Waals surface area contributed by atoms with E-state index in [1.807, 2.05) is 32.9 Å². The number of hydrogen-bond donors (Lipinski definition) is 0. The van der Waals surface area contributed by atoms with Crippen LogP contribution in [0.4, 0.5) is 4.79 Å². The van der Waals surface area contributed by atoms with Gasteiger partial charge in [0.1, 0.15) is 11.4 Å². The molecule has 0 unspecified atom stereocenters. The maximum atomic E-state index is 12.6. The number of esters is 1. The fourth-order valence-corrected chi connectivity index (χ4v) is 3.81. The van der Waals surface area contributed by atoms with Gasteiger partial charge in [0.05, 0.1) is 13.7 Å². The first-order valence-electron chi connectivity index (χ1n) is 13.1. The Morgan fingerprint density at radius 1 is 0.778 bits per heavy atom. The molecule has 0 bridgehead atoms. The summed E-state index contributed by atoms with van der Waals surface area (Å²) in [4.78, 5) is 25.7. The second-order valence-corrected chi connectivity index (χ2v) is 10.0. The van der Waals surface area contributed by atoms with Crippen molar-refractivity contribution in [1.29, 1.82) is 0 Å². The molecule has 0 saturated carbocycles. The van der Waals surface area contributed by atoms with Gasteiger partial charge in [-0.15, -0.1) is 0 Å². The Hall–Kier alpha value is -3.02. The summed E-state index contributed by atoms with van der Waals surface area (Å²) >= 11 is 0. The summed E-state index contributed by atoms with van der Waals surface area (Å²) in [5.41, 5.74) is 2.03. The Kier molecular flexibility index (Phi) is 12.9. The maximum Gasteiger partial charge on any atom is 0.410 e. The molecule has 0 heterocycles. The lowest BCUT2D eigenvalue weighted by Crippen LogP contribution is -2.38. The molecule has 0 aromatic heterocycles. The monoisotopic (exact) mass is 497 g/mol. The summed E-state index contributed by atoms with van der Waals surface area (Å²) in [6, 6.07) is 18.8. The van der Waals surface area contributed by atoms with E-state index in [9.17, 15) is 9.59 Å². The number of amides is 1. The molecule has 0 N–H and O–H groups in total. The van der Waals surface area contributed by atoms with Gasteiger partial charge in [-0.3, -0.25) is 4.79 Å². The molecule has 2 rings (SSSR count). The van der Waals surface area contributed by atoms with Crippen molar-refractivity contribution >= 4 is 12.1 Å². The third-order valence-electron chi connectivity index (χ3n) is 5.73. The van der Waals surface area contributed by atoms with E-state index in [1.165, 1.54) is 24.7 Å². The minimum absolute atomic E-state index is 0.270. The minimum Gasteiger partial charge on any atom is -0.494 e. The van der Waals surface area contributed by atoms with Crippen molar-refractivity contribution in [3.63, 3.8) is 0 Å². The number of carbonyl (C=O) groups excluding carboxylic acids is 2. The molecular weight excluding hydrogens is 454 g/mol.